The molecule has 2 aromatic rings. The minimum Gasteiger partial charge on any atom is -0.484 e. The zero-order chi connectivity index (χ0) is 21.7. The smallest absolute Gasteiger partial charge is 0.260 e. The van der Waals surface area contributed by atoms with Crippen LogP contribution >= 0.6 is 0 Å². The molecule has 9 heteroatoms. The number of benzene rings is 2. The summed E-state index contributed by atoms with van der Waals surface area (Å²) in [6.45, 7) is 4.31. The van der Waals surface area contributed by atoms with Gasteiger partial charge >= 0.3 is 0 Å². The van der Waals surface area contributed by atoms with Crippen molar-refractivity contribution < 1.29 is 22.7 Å². The summed E-state index contributed by atoms with van der Waals surface area (Å²) in [5.74, 6) is 0.225. The number of anilines is 1. The molecule has 0 atom stereocenters. The number of carbonyl (C=O) groups excluding carboxylic acids is 2. The summed E-state index contributed by atoms with van der Waals surface area (Å²) in [6.07, 6.45) is 0. The third kappa shape index (κ3) is 5.37. The van der Waals surface area contributed by atoms with E-state index in [1.165, 1.54) is 23.4 Å². The summed E-state index contributed by atoms with van der Waals surface area (Å²) in [4.78, 5) is 25.2. The van der Waals surface area contributed by atoms with Crippen LogP contribution in [0, 0.1) is 6.92 Å². The standard InChI is InChI=1S/C21H25N3O5S/c1-16-3-7-19(8-4-16)29-15-21(26)23-11-13-24(14-12-23)30(27,28)20-9-5-18(6-10-20)22-17(2)25/h3-10H,11-15H2,1-2H3,(H,22,25). The number of nitrogens with zero attached hydrogens (tertiary/aromatic N) is 2. The fourth-order valence-corrected chi connectivity index (χ4v) is 4.53. The van der Waals surface area contributed by atoms with Crippen molar-refractivity contribution in [1.82, 2.24) is 9.21 Å². The summed E-state index contributed by atoms with van der Waals surface area (Å²) in [5, 5.41) is 2.60. The lowest BCUT2D eigenvalue weighted by atomic mass is 10.2. The lowest BCUT2D eigenvalue weighted by Gasteiger charge is -2.34. The van der Waals surface area contributed by atoms with Gasteiger partial charge in [0.2, 0.25) is 15.9 Å². The third-order valence-corrected chi connectivity index (χ3v) is 6.70. The molecule has 0 unspecified atom stereocenters. The van der Waals surface area contributed by atoms with E-state index in [-0.39, 0.29) is 36.4 Å². The second-order valence-electron chi connectivity index (χ2n) is 7.09. The van der Waals surface area contributed by atoms with Crippen LogP contribution in [0.1, 0.15) is 12.5 Å². The van der Waals surface area contributed by atoms with Crippen LogP contribution in [-0.4, -0.2) is 62.2 Å². The van der Waals surface area contributed by atoms with Crippen LogP contribution < -0.4 is 10.1 Å². The Bertz CT molecular complexity index is 996. The predicted molar refractivity (Wildman–Crippen MR) is 113 cm³/mol. The Morgan fingerprint density at radius 1 is 0.967 bits per heavy atom. The number of aryl methyl sites for hydroxylation is 1. The molecule has 0 aliphatic carbocycles. The molecule has 1 fully saturated rings. The zero-order valence-corrected chi connectivity index (χ0v) is 17.8. The zero-order valence-electron chi connectivity index (χ0n) is 17.0. The highest BCUT2D eigenvalue weighted by Gasteiger charge is 2.30. The topological polar surface area (TPSA) is 96.0 Å². The average Bonchev–Trinajstić information content (AvgIpc) is 2.73. The molecule has 0 spiro atoms. The average molecular weight is 432 g/mol. The van der Waals surface area contributed by atoms with E-state index in [4.69, 9.17) is 4.74 Å². The van der Waals surface area contributed by atoms with Crippen molar-refractivity contribution in [2.45, 2.75) is 18.7 Å². The fraction of sp³-hybridized carbons (Fsp3) is 0.333. The Hall–Kier alpha value is -2.91. The molecular weight excluding hydrogens is 406 g/mol. The van der Waals surface area contributed by atoms with Gasteiger partial charge in [-0.3, -0.25) is 9.59 Å². The molecule has 160 valence electrons. The lowest BCUT2D eigenvalue weighted by Crippen LogP contribution is -2.51. The van der Waals surface area contributed by atoms with Crippen LogP contribution in [0.3, 0.4) is 0 Å². The summed E-state index contributed by atoms with van der Waals surface area (Å²) in [5.41, 5.74) is 1.64. The number of amides is 2. The van der Waals surface area contributed by atoms with Crippen LogP contribution in [0.25, 0.3) is 0 Å². The first-order valence-corrected chi connectivity index (χ1v) is 11.0. The first kappa shape index (κ1) is 21.8. The Labute approximate surface area is 176 Å². The number of nitrogens with one attached hydrogen (secondary N) is 1. The maximum Gasteiger partial charge on any atom is 0.260 e. The van der Waals surface area contributed by atoms with E-state index in [0.717, 1.165) is 5.56 Å². The van der Waals surface area contributed by atoms with Crippen LogP contribution in [-0.2, 0) is 19.6 Å². The molecule has 1 aliphatic heterocycles. The minimum atomic E-state index is -3.66. The minimum absolute atomic E-state index is 0.0829. The summed E-state index contributed by atoms with van der Waals surface area (Å²) < 4.78 is 32.6. The van der Waals surface area contributed by atoms with E-state index in [9.17, 15) is 18.0 Å². The fourth-order valence-electron chi connectivity index (χ4n) is 3.11. The quantitative estimate of drug-likeness (QED) is 0.753. The van der Waals surface area contributed by atoms with Crippen molar-refractivity contribution in [2.24, 2.45) is 0 Å². The molecule has 3 rings (SSSR count). The van der Waals surface area contributed by atoms with Gasteiger partial charge in [0, 0.05) is 38.8 Å². The van der Waals surface area contributed by atoms with Gasteiger partial charge in [0.05, 0.1) is 4.90 Å². The van der Waals surface area contributed by atoms with Crippen LogP contribution in [0.15, 0.2) is 53.4 Å². The Morgan fingerprint density at radius 3 is 2.13 bits per heavy atom. The van der Waals surface area contributed by atoms with E-state index < -0.39 is 10.0 Å². The maximum atomic E-state index is 12.8. The predicted octanol–water partition coefficient (Wildman–Crippen LogP) is 1.87. The molecule has 0 radical (unpaired) electrons. The number of rotatable bonds is 6. The Kier molecular flexibility index (Phi) is 6.73. The Balaban J connectivity index is 1.54. The largest absolute Gasteiger partial charge is 0.484 e. The van der Waals surface area contributed by atoms with Gasteiger partial charge in [0.25, 0.3) is 5.91 Å². The summed E-state index contributed by atoms with van der Waals surface area (Å²) in [7, 11) is -3.66. The second kappa shape index (κ2) is 9.27. The highest BCUT2D eigenvalue weighted by Crippen LogP contribution is 2.20. The van der Waals surface area contributed by atoms with Crippen LogP contribution in [0.4, 0.5) is 5.69 Å². The van der Waals surface area contributed by atoms with E-state index >= 15 is 0 Å². The molecule has 30 heavy (non-hydrogen) atoms. The SMILES string of the molecule is CC(=O)Nc1ccc(S(=O)(=O)N2CCN(C(=O)COc3ccc(C)cc3)CC2)cc1. The van der Waals surface area contributed by atoms with E-state index in [0.29, 0.717) is 24.5 Å². The highest BCUT2D eigenvalue weighted by molar-refractivity contribution is 7.89. The van der Waals surface area contributed by atoms with Crippen molar-refractivity contribution in [2.75, 3.05) is 38.1 Å². The van der Waals surface area contributed by atoms with E-state index in [1.807, 2.05) is 31.2 Å². The van der Waals surface area contributed by atoms with Gasteiger partial charge in [-0.15, -0.1) is 0 Å². The van der Waals surface area contributed by atoms with E-state index in [1.54, 1.807) is 17.0 Å². The van der Waals surface area contributed by atoms with Gasteiger partial charge < -0.3 is 15.0 Å². The first-order valence-electron chi connectivity index (χ1n) is 9.61. The molecule has 1 aliphatic rings. The van der Waals surface area contributed by atoms with Crippen molar-refractivity contribution >= 4 is 27.5 Å². The number of hydrogen-bond donors (Lipinski definition) is 1. The van der Waals surface area contributed by atoms with Gasteiger partial charge in [-0.05, 0) is 43.3 Å². The van der Waals surface area contributed by atoms with Crippen molar-refractivity contribution in [3.8, 4) is 5.75 Å². The van der Waals surface area contributed by atoms with Gasteiger partial charge in [-0.25, -0.2) is 8.42 Å². The van der Waals surface area contributed by atoms with Crippen molar-refractivity contribution in [3.63, 3.8) is 0 Å². The summed E-state index contributed by atoms with van der Waals surface area (Å²) >= 11 is 0. The van der Waals surface area contributed by atoms with Gasteiger partial charge in [-0.2, -0.15) is 4.31 Å². The lowest BCUT2D eigenvalue weighted by molar-refractivity contribution is -0.134. The molecule has 2 amide bonds. The number of piperazine rings is 1. The maximum absolute atomic E-state index is 12.8. The monoisotopic (exact) mass is 431 g/mol. The third-order valence-electron chi connectivity index (χ3n) is 4.79. The number of carbonyl (C=O) groups is 2. The second-order valence-corrected chi connectivity index (χ2v) is 9.03. The molecule has 1 N–H and O–H groups in total. The van der Waals surface area contributed by atoms with Crippen LogP contribution in [0.2, 0.25) is 0 Å². The van der Waals surface area contributed by atoms with Gasteiger partial charge in [-0.1, -0.05) is 17.7 Å². The molecule has 0 aromatic heterocycles. The summed E-state index contributed by atoms with van der Waals surface area (Å²) in [6, 6.07) is 13.5. The molecule has 0 bridgehead atoms. The van der Waals surface area contributed by atoms with E-state index in [2.05, 4.69) is 5.32 Å². The molecule has 0 saturated carbocycles. The van der Waals surface area contributed by atoms with Crippen molar-refractivity contribution in [1.29, 1.82) is 0 Å². The van der Waals surface area contributed by atoms with Crippen LogP contribution in [0.5, 0.6) is 5.75 Å². The normalized spacial score (nSPS) is 14.9. The van der Waals surface area contributed by atoms with Gasteiger partial charge in [0.15, 0.2) is 6.61 Å². The highest BCUT2D eigenvalue weighted by atomic mass is 32.2. The molecule has 8 nitrogen and oxygen atoms in total. The number of sulfonamides is 1. The molecule has 2 aromatic carbocycles. The van der Waals surface area contributed by atoms with Gasteiger partial charge in [0.1, 0.15) is 5.75 Å². The number of ether oxygens (including phenoxy) is 1. The Morgan fingerprint density at radius 2 is 1.57 bits per heavy atom. The molecule has 1 saturated heterocycles. The first-order chi connectivity index (χ1) is 14.3. The molecule has 1 heterocycles. The number of hydrogen-bond acceptors (Lipinski definition) is 5. The molecular formula is C21H25N3O5S. The van der Waals surface area contributed by atoms with Crippen molar-refractivity contribution in [3.05, 3.63) is 54.1 Å².